The molecule has 0 aromatic heterocycles. The quantitative estimate of drug-likeness (QED) is 0.841. The first-order chi connectivity index (χ1) is 12.1. The van der Waals surface area contributed by atoms with Crippen molar-refractivity contribution in [3.63, 3.8) is 0 Å². The SMILES string of the molecule is CC/C=C(\O)c1ccc(OC2CCN(C(=O)N3CCCC3)C2)c(C)c1. The van der Waals surface area contributed by atoms with Gasteiger partial charge < -0.3 is 19.6 Å². The zero-order valence-electron chi connectivity index (χ0n) is 15.2. The van der Waals surface area contributed by atoms with Gasteiger partial charge in [0.05, 0.1) is 6.54 Å². The van der Waals surface area contributed by atoms with Crippen LogP contribution in [0.15, 0.2) is 24.3 Å². The van der Waals surface area contributed by atoms with Crippen LogP contribution in [0.4, 0.5) is 4.79 Å². The van der Waals surface area contributed by atoms with Crippen LogP contribution in [-0.4, -0.2) is 53.2 Å². The zero-order chi connectivity index (χ0) is 17.8. The fourth-order valence-electron chi connectivity index (χ4n) is 3.54. The molecule has 0 radical (unpaired) electrons. The number of carbonyl (C=O) groups excluding carboxylic acids is 1. The smallest absolute Gasteiger partial charge is 0.320 e. The lowest BCUT2D eigenvalue weighted by molar-refractivity contribution is 0.160. The minimum absolute atomic E-state index is 0.0379. The molecule has 5 nitrogen and oxygen atoms in total. The van der Waals surface area contributed by atoms with Gasteiger partial charge in [0.25, 0.3) is 0 Å². The van der Waals surface area contributed by atoms with Crippen molar-refractivity contribution in [2.45, 2.75) is 45.6 Å². The van der Waals surface area contributed by atoms with Gasteiger partial charge in [0.15, 0.2) is 0 Å². The maximum absolute atomic E-state index is 12.5. The van der Waals surface area contributed by atoms with Crippen LogP contribution < -0.4 is 4.74 Å². The minimum atomic E-state index is 0.0379. The Balaban J connectivity index is 1.59. The molecule has 0 aliphatic carbocycles. The molecule has 25 heavy (non-hydrogen) atoms. The molecule has 2 amide bonds. The monoisotopic (exact) mass is 344 g/mol. The first kappa shape index (κ1) is 17.6. The number of allylic oxidation sites excluding steroid dienone is 1. The van der Waals surface area contributed by atoms with E-state index in [-0.39, 0.29) is 12.1 Å². The van der Waals surface area contributed by atoms with Crippen molar-refractivity contribution in [1.82, 2.24) is 9.80 Å². The van der Waals surface area contributed by atoms with Crippen LogP contribution in [-0.2, 0) is 0 Å². The first-order valence-corrected chi connectivity index (χ1v) is 9.29. The van der Waals surface area contributed by atoms with E-state index in [2.05, 4.69) is 0 Å². The standard InChI is InChI=1S/C20H28N2O3/c1-3-6-18(23)16-7-8-19(15(2)13-16)25-17-9-12-22(14-17)20(24)21-10-4-5-11-21/h6-8,13,17,23H,3-5,9-12,14H2,1-2H3/b18-6-. The Hall–Kier alpha value is -2.17. The van der Waals surface area contributed by atoms with Crippen molar-refractivity contribution in [2.75, 3.05) is 26.2 Å². The molecule has 0 saturated carbocycles. The fraction of sp³-hybridized carbons (Fsp3) is 0.550. The van der Waals surface area contributed by atoms with Crippen LogP contribution >= 0.6 is 0 Å². The number of aliphatic hydroxyl groups excluding tert-OH is 1. The molecule has 2 saturated heterocycles. The normalized spacial score (nSPS) is 21.0. The summed E-state index contributed by atoms with van der Waals surface area (Å²) in [6.45, 7) is 7.16. The van der Waals surface area contributed by atoms with E-state index in [1.54, 1.807) is 6.08 Å². The first-order valence-electron chi connectivity index (χ1n) is 9.29. The molecule has 2 aliphatic rings. The summed E-state index contributed by atoms with van der Waals surface area (Å²) < 4.78 is 6.13. The molecule has 1 atom stereocenters. The molecular formula is C20H28N2O3. The summed E-state index contributed by atoms with van der Waals surface area (Å²) in [5.74, 6) is 1.13. The van der Waals surface area contributed by atoms with Gasteiger partial charge in [-0.05, 0) is 56.0 Å². The molecule has 2 aliphatic heterocycles. The molecule has 3 rings (SSSR count). The average Bonchev–Trinajstić information content (AvgIpc) is 3.28. The summed E-state index contributed by atoms with van der Waals surface area (Å²) in [7, 11) is 0. The van der Waals surface area contributed by atoms with Gasteiger partial charge in [-0.3, -0.25) is 0 Å². The molecule has 0 bridgehead atoms. The molecule has 1 unspecified atom stereocenters. The van der Waals surface area contributed by atoms with Crippen molar-refractivity contribution in [1.29, 1.82) is 0 Å². The zero-order valence-corrected chi connectivity index (χ0v) is 15.2. The lowest BCUT2D eigenvalue weighted by Gasteiger charge is -2.24. The van der Waals surface area contributed by atoms with Crippen LogP contribution in [0.3, 0.4) is 0 Å². The second-order valence-corrected chi connectivity index (χ2v) is 6.93. The maximum Gasteiger partial charge on any atom is 0.320 e. The summed E-state index contributed by atoms with van der Waals surface area (Å²) in [6.07, 6.45) is 5.73. The van der Waals surface area contributed by atoms with E-state index in [0.29, 0.717) is 12.3 Å². The van der Waals surface area contributed by atoms with Crippen LogP contribution in [0.2, 0.25) is 0 Å². The van der Waals surface area contributed by atoms with Gasteiger partial charge in [-0.2, -0.15) is 0 Å². The number of likely N-dealkylation sites (tertiary alicyclic amines) is 2. The lowest BCUT2D eigenvalue weighted by Crippen LogP contribution is -2.41. The molecule has 2 heterocycles. The van der Waals surface area contributed by atoms with E-state index in [9.17, 15) is 9.90 Å². The summed E-state index contributed by atoms with van der Waals surface area (Å²) in [4.78, 5) is 16.3. The van der Waals surface area contributed by atoms with Crippen molar-refractivity contribution in [2.24, 2.45) is 0 Å². The highest BCUT2D eigenvalue weighted by atomic mass is 16.5. The van der Waals surface area contributed by atoms with E-state index in [1.807, 2.05) is 41.8 Å². The predicted molar refractivity (Wildman–Crippen MR) is 98.9 cm³/mol. The third-order valence-electron chi connectivity index (χ3n) is 4.95. The van der Waals surface area contributed by atoms with Gasteiger partial charge in [-0.25, -0.2) is 4.79 Å². The van der Waals surface area contributed by atoms with Crippen molar-refractivity contribution < 1.29 is 14.6 Å². The lowest BCUT2D eigenvalue weighted by atomic mass is 10.1. The Morgan fingerprint density at radius 3 is 2.72 bits per heavy atom. The Bertz CT molecular complexity index is 650. The highest BCUT2D eigenvalue weighted by molar-refractivity contribution is 5.75. The third-order valence-corrected chi connectivity index (χ3v) is 4.95. The molecule has 0 spiro atoms. The third kappa shape index (κ3) is 4.09. The number of ether oxygens (including phenoxy) is 1. The largest absolute Gasteiger partial charge is 0.508 e. The number of aliphatic hydroxyl groups is 1. The number of nitrogens with zero attached hydrogens (tertiary/aromatic N) is 2. The molecule has 1 aromatic rings. The van der Waals surface area contributed by atoms with Crippen molar-refractivity contribution in [3.05, 3.63) is 35.4 Å². The number of urea groups is 1. The van der Waals surface area contributed by atoms with Crippen LogP contribution in [0, 0.1) is 6.92 Å². The number of hydrogen-bond donors (Lipinski definition) is 1. The summed E-state index contributed by atoms with van der Waals surface area (Å²) >= 11 is 0. The van der Waals surface area contributed by atoms with E-state index >= 15 is 0 Å². The van der Waals surface area contributed by atoms with Crippen molar-refractivity contribution in [3.8, 4) is 5.75 Å². The van der Waals surface area contributed by atoms with Crippen molar-refractivity contribution >= 4 is 11.8 Å². The minimum Gasteiger partial charge on any atom is -0.508 e. The number of rotatable bonds is 4. The Morgan fingerprint density at radius 2 is 2.04 bits per heavy atom. The highest BCUT2D eigenvalue weighted by Crippen LogP contribution is 2.26. The van der Waals surface area contributed by atoms with Gasteiger partial charge in [0.1, 0.15) is 17.6 Å². The molecule has 1 aromatic carbocycles. The van der Waals surface area contributed by atoms with Gasteiger partial charge in [-0.15, -0.1) is 0 Å². The van der Waals surface area contributed by atoms with Gasteiger partial charge in [-0.1, -0.05) is 6.92 Å². The molecule has 1 N–H and O–H groups in total. The Labute approximate surface area is 149 Å². The second-order valence-electron chi connectivity index (χ2n) is 6.93. The Kier molecular flexibility index (Phi) is 5.51. The predicted octanol–water partition coefficient (Wildman–Crippen LogP) is 3.97. The van der Waals surface area contributed by atoms with E-state index < -0.39 is 0 Å². The summed E-state index contributed by atoms with van der Waals surface area (Å²) in [5.41, 5.74) is 1.81. The highest BCUT2D eigenvalue weighted by Gasteiger charge is 2.31. The molecule has 136 valence electrons. The average molecular weight is 344 g/mol. The number of amides is 2. The number of benzene rings is 1. The molecule has 2 fully saturated rings. The van der Waals surface area contributed by atoms with Gasteiger partial charge in [0, 0.05) is 31.6 Å². The van der Waals surface area contributed by atoms with Gasteiger partial charge >= 0.3 is 6.03 Å². The summed E-state index contributed by atoms with van der Waals surface area (Å²) in [6, 6.07) is 5.89. The van der Waals surface area contributed by atoms with E-state index in [0.717, 1.165) is 62.2 Å². The summed E-state index contributed by atoms with van der Waals surface area (Å²) in [5, 5.41) is 9.99. The van der Waals surface area contributed by atoms with Gasteiger partial charge in [0.2, 0.25) is 0 Å². The second kappa shape index (κ2) is 7.81. The van der Waals surface area contributed by atoms with Crippen LogP contribution in [0.1, 0.15) is 43.7 Å². The molecule has 5 heteroatoms. The topological polar surface area (TPSA) is 53.0 Å². The van der Waals surface area contributed by atoms with E-state index in [1.165, 1.54) is 0 Å². The maximum atomic E-state index is 12.5. The molecular weight excluding hydrogens is 316 g/mol. The van der Waals surface area contributed by atoms with Crippen LogP contribution in [0.25, 0.3) is 5.76 Å². The number of carbonyl (C=O) groups is 1. The van der Waals surface area contributed by atoms with Crippen LogP contribution in [0.5, 0.6) is 5.75 Å². The Morgan fingerprint density at radius 1 is 1.28 bits per heavy atom. The van der Waals surface area contributed by atoms with E-state index in [4.69, 9.17) is 4.74 Å². The fourth-order valence-corrected chi connectivity index (χ4v) is 3.54. The number of hydrogen-bond acceptors (Lipinski definition) is 3. The number of aryl methyl sites for hydroxylation is 1.